The number of esters is 1. The van der Waals surface area contributed by atoms with Crippen molar-refractivity contribution in [2.45, 2.75) is 177 Å². The maximum atomic E-state index is 13.6. The van der Waals surface area contributed by atoms with Gasteiger partial charge in [-0.25, -0.2) is 14.8 Å². The Morgan fingerprint density at radius 2 is 1.78 bits per heavy atom. The Morgan fingerprint density at radius 1 is 0.986 bits per heavy atom. The number of aliphatic hydroxyl groups excluding tert-OH is 2. The van der Waals surface area contributed by atoms with E-state index in [4.69, 9.17) is 52.0 Å². The molecule has 0 spiro atoms. The number of ether oxygens (including phenoxy) is 7. The Morgan fingerprint density at radius 3 is 2.57 bits per heavy atom. The molecule has 4 fully saturated rings. The zero-order chi connectivity index (χ0) is 49.2. The molecule has 8 bridgehead atoms. The minimum atomic E-state index is -1.73. The van der Waals surface area contributed by atoms with Crippen molar-refractivity contribution in [2.24, 2.45) is 11.8 Å². The standard InChI is InChI=1S/C53H71BrN2O13/c1-31(16-17-38(61-6)12-10-18-54)21-44(58)47-26-42(62-7)27-53(60,69-47)28-49-55-36(29-63-49)22-33(3)51-35(5)52-34(4)45(67-51)13-9-14-48-56-43(30-64-48)46-24-37(57)23-41(66-46)25-40-20-32(2)19-39(65-40)11-8-15-50(59)68-52/h8-10,14-18,21-22,29-30,34-35,37-42,44-47,51-52,57-58,60H,2,11-13,19-20,23-28H2,1,3-7H3/b14-9+,15-8-,17-16+,18-10+,31-21+,33-22+/t34-,35-,37+,38?,39-,40+,41-,42?,44+,45+,46+,47+,51-,52-,53-/m0/s1. The molecule has 0 amide bonds. The average molecular weight is 1020 g/mol. The van der Waals surface area contributed by atoms with Gasteiger partial charge in [0.15, 0.2) is 11.7 Å². The summed E-state index contributed by atoms with van der Waals surface area (Å²) in [4.78, 5) is 24.8. The first-order valence-electron chi connectivity index (χ1n) is 24.3. The number of carbonyl (C=O) groups excluding carboxylic acids is 1. The van der Waals surface area contributed by atoms with E-state index in [1.807, 2.05) is 64.2 Å². The van der Waals surface area contributed by atoms with Gasteiger partial charge in [0.25, 0.3) is 0 Å². The Balaban J connectivity index is 1.06. The van der Waals surface area contributed by atoms with E-state index in [9.17, 15) is 20.1 Å². The molecule has 2 unspecified atom stereocenters. The molecule has 4 saturated heterocycles. The van der Waals surface area contributed by atoms with Gasteiger partial charge in [0.05, 0.1) is 67.5 Å². The molecule has 2 aromatic rings. The molecule has 7 heterocycles. The van der Waals surface area contributed by atoms with Crippen molar-refractivity contribution in [3.8, 4) is 0 Å². The highest BCUT2D eigenvalue weighted by molar-refractivity contribution is 9.11. The smallest absolute Gasteiger partial charge is 0.330 e. The minimum Gasteiger partial charge on any atom is -0.458 e. The second kappa shape index (κ2) is 24.5. The van der Waals surface area contributed by atoms with Crippen LogP contribution in [0.4, 0.5) is 0 Å². The van der Waals surface area contributed by atoms with E-state index in [0.717, 1.165) is 16.7 Å². The van der Waals surface area contributed by atoms with Gasteiger partial charge in [0.2, 0.25) is 5.89 Å². The Kier molecular flexibility index (Phi) is 18.9. The van der Waals surface area contributed by atoms with E-state index >= 15 is 0 Å². The zero-order valence-corrected chi connectivity index (χ0v) is 42.3. The normalized spacial score (nSPS) is 36.1. The Hall–Kier alpha value is -3.81. The highest BCUT2D eigenvalue weighted by atomic mass is 79.9. The van der Waals surface area contributed by atoms with Gasteiger partial charge in [-0.05, 0) is 75.1 Å². The second-order valence-corrected chi connectivity index (χ2v) is 20.0. The predicted molar refractivity (Wildman–Crippen MR) is 261 cm³/mol. The van der Waals surface area contributed by atoms with E-state index < -0.39 is 48.4 Å². The average Bonchev–Trinajstić information content (AvgIpc) is 3.96. The summed E-state index contributed by atoms with van der Waals surface area (Å²) < 4.78 is 55.2. The van der Waals surface area contributed by atoms with Crippen molar-refractivity contribution in [3.63, 3.8) is 0 Å². The van der Waals surface area contributed by atoms with Crippen LogP contribution in [0.15, 0.2) is 92.2 Å². The van der Waals surface area contributed by atoms with Crippen molar-refractivity contribution >= 4 is 34.1 Å². The van der Waals surface area contributed by atoms with Gasteiger partial charge in [0.1, 0.15) is 36.1 Å². The zero-order valence-electron chi connectivity index (χ0n) is 40.7. The molecular weight excluding hydrogens is 952 g/mol. The molecule has 5 aliphatic heterocycles. The van der Waals surface area contributed by atoms with E-state index in [0.29, 0.717) is 75.1 Å². The molecule has 0 saturated carbocycles. The fraction of sp³-hybridized carbons (Fsp3) is 0.604. The lowest BCUT2D eigenvalue weighted by molar-refractivity contribution is -0.286. The molecule has 2 aromatic heterocycles. The second-order valence-electron chi connectivity index (χ2n) is 19.5. The number of methoxy groups -OCH3 is 2. The van der Waals surface area contributed by atoms with Gasteiger partial charge in [-0.3, -0.25) is 0 Å². The lowest BCUT2D eigenvalue weighted by Crippen LogP contribution is -2.51. The molecule has 378 valence electrons. The summed E-state index contributed by atoms with van der Waals surface area (Å²) in [6, 6.07) is 0. The number of nitrogens with zero attached hydrogens (tertiary/aromatic N) is 2. The van der Waals surface area contributed by atoms with E-state index in [2.05, 4.69) is 22.5 Å². The highest BCUT2D eigenvalue weighted by Gasteiger charge is 2.45. The van der Waals surface area contributed by atoms with Crippen LogP contribution in [0.1, 0.15) is 121 Å². The molecule has 16 heteroatoms. The van der Waals surface area contributed by atoms with Crippen LogP contribution in [0, 0.1) is 11.8 Å². The SMILES string of the molecule is C=C1C[C@@H]2C[C@@H]3C[C@@H](O)C[C@@H](O3)c3coc(n3)/C=C/C[C@H]3O[C@@H](/C(C)=C/c4coc(C[C@]5(O)CC(OC)C[C@H]([C@H](O)/C=C(C)/C=C/C(C/C=C/Br)OC)O5)n4)[C@H](C)[C@@H](OC(=O)/C=C\C[C@@H](C1)O2)[C@H]3C. The van der Waals surface area contributed by atoms with Crippen LogP contribution in [0.3, 0.4) is 0 Å². The molecule has 15 atom stereocenters. The van der Waals surface area contributed by atoms with Crippen molar-refractivity contribution in [2.75, 3.05) is 14.2 Å². The first-order valence-corrected chi connectivity index (χ1v) is 25.2. The third-order valence-electron chi connectivity index (χ3n) is 13.9. The van der Waals surface area contributed by atoms with Gasteiger partial charge in [-0.15, -0.1) is 0 Å². The van der Waals surface area contributed by atoms with Crippen molar-refractivity contribution < 1.29 is 62.1 Å². The van der Waals surface area contributed by atoms with E-state index in [1.54, 1.807) is 37.6 Å². The summed E-state index contributed by atoms with van der Waals surface area (Å²) in [5, 5.41) is 33.9. The number of oxazole rings is 2. The number of hydrogen-bond donors (Lipinski definition) is 3. The third kappa shape index (κ3) is 14.6. The fourth-order valence-electron chi connectivity index (χ4n) is 10.4. The van der Waals surface area contributed by atoms with Gasteiger partial charge in [0, 0.05) is 57.8 Å². The van der Waals surface area contributed by atoms with Crippen molar-refractivity contribution in [3.05, 3.63) is 107 Å². The quantitative estimate of drug-likeness (QED) is 0.104. The lowest BCUT2D eigenvalue weighted by atomic mass is 9.79. The monoisotopic (exact) mass is 1020 g/mol. The number of halogens is 1. The van der Waals surface area contributed by atoms with Crippen molar-refractivity contribution in [1.82, 2.24) is 9.97 Å². The maximum absolute atomic E-state index is 13.6. The van der Waals surface area contributed by atoms with E-state index in [1.165, 1.54) is 12.3 Å². The summed E-state index contributed by atoms with van der Waals surface area (Å²) in [5.74, 6) is -1.95. The first-order chi connectivity index (χ1) is 33.1. The largest absolute Gasteiger partial charge is 0.458 e. The number of allylic oxidation sites excluding steroid dienone is 2. The highest BCUT2D eigenvalue weighted by Crippen LogP contribution is 2.40. The van der Waals surface area contributed by atoms with Gasteiger partial charge in [-0.1, -0.05) is 84.0 Å². The number of rotatable bonds is 12. The molecule has 5 aliphatic rings. The summed E-state index contributed by atoms with van der Waals surface area (Å²) >= 11 is 3.28. The molecule has 0 aliphatic carbocycles. The predicted octanol–water partition coefficient (Wildman–Crippen LogP) is 8.76. The van der Waals surface area contributed by atoms with E-state index in [-0.39, 0.29) is 67.2 Å². The molecular formula is C53H71BrN2O13. The van der Waals surface area contributed by atoms with Gasteiger partial charge < -0.3 is 57.3 Å². The summed E-state index contributed by atoms with van der Waals surface area (Å²) in [5.41, 5.74) is 3.86. The summed E-state index contributed by atoms with van der Waals surface area (Å²) in [6.45, 7) is 12.2. The lowest BCUT2D eigenvalue weighted by Gasteiger charge is -2.44. The van der Waals surface area contributed by atoms with Crippen LogP contribution < -0.4 is 0 Å². The molecule has 0 aromatic carbocycles. The van der Waals surface area contributed by atoms with Gasteiger partial charge in [-0.2, -0.15) is 0 Å². The topological polar surface area (TPSA) is 194 Å². The van der Waals surface area contributed by atoms with Crippen LogP contribution in [0.25, 0.3) is 12.2 Å². The molecule has 7 rings (SSSR count). The van der Waals surface area contributed by atoms with Gasteiger partial charge >= 0.3 is 5.97 Å². The maximum Gasteiger partial charge on any atom is 0.330 e. The molecule has 15 nitrogen and oxygen atoms in total. The van der Waals surface area contributed by atoms with Crippen molar-refractivity contribution in [1.29, 1.82) is 0 Å². The Labute approximate surface area is 414 Å². The molecule has 0 radical (unpaired) electrons. The number of hydrogen-bond acceptors (Lipinski definition) is 15. The van der Waals surface area contributed by atoms with Crippen LogP contribution in [0.5, 0.6) is 0 Å². The Bertz CT molecular complexity index is 2210. The summed E-state index contributed by atoms with van der Waals surface area (Å²) in [6.07, 6.45) is 19.5. The summed E-state index contributed by atoms with van der Waals surface area (Å²) in [7, 11) is 3.22. The fourth-order valence-corrected chi connectivity index (χ4v) is 10.6. The number of aromatic nitrogens is 2. The van der Waals surface area contributed by atoms with Crippen LogP contribution in [-0.2, 0) is 44.4 Å². The first kappa shape index (κ1) is 53.0. The van der Waals surface area contributed by atoms with Crippen LogP contribution in [0.2, 0.25) is 0 Å². The number of carbonyl (C=O) groups is 1. The molecule has 3 N–H and O–H groups in total. The van der Waals surface area contributed by atoms with Crippen LogP contribution >= 0.6 is 15.9 Å². The number of aliphatic hydroxyl groups is 3. The van der Waals surface area contributed by atoms with Crippen LogP contribution in [-0.4, -0.2) is 118 Å². The number of fused-ring (bicyclic) bond motifs is 9. The molecule has 69 heavy (non-hydrogen) atoms. The third-order valence-corrected chi connectivity index (χ3v) is 14.2. The minimum absolute atomic E-state index is 0.0830.